The maximum atomic E-state index is 6.49. The summed E-state index contributed by atoms with van der Waals surface area (Å²) in [6.07, 6.45) is 1.11. The zero-order chi connectivity index (χ0) is 43.4. The van der Waals surface area contributed by atoms with Gasteiger partial charge in [-0.3, -0.25) is 0 Å². The van der Waals surface area contributed by atoms with Gasteiger partial charge in [-0.2, -0.15) is 0 Å². The van der Waals surface area contributed by atoms with Gasteiger partial charge in [0.1, 0.15) is 11.5 Å². The molecule has 64 heavy (non-hydrogen) atoms. The van der Waals surface area contributed by atoms with Crippen LogP contribution in [0.5, 0.6) is 11.5 Å². The van der Waals surface area contributed by atoms with Crippen LogP contribution >= 0.6 is 0 Å². The van der Waals surface area contributed by atoms with Gasteiger partial charge in [0.2, 0.25) is 0 Å². The highest BCUT2D eigenvalue weighted by atomic mass is 16.5. The molecule has 0 spiro atoms. The molecule has 2 aliphatic rings. The number of benzene rings is 9. The van der Waals surface area contributed by atoms with Crippen molar-refractivity contribution < 1.29 is 4.74 Å². The lowest BCUT2D eigenvalue weighted by atomic mass is 9.67. The lowest BCUT2D eigenvalue weighted by molar-refractivity contribution is 0.481. The molecule has 9 aromatic carbocycles. The van der Waals surface area contributed by atoms with Crippen molar-refractivity contribution in [1.29, 1.82) is 0 Å². The van der Waals surface area contributed by atoms with Crippen molar-refractivity contribution in [2.24, 2.45) is 0 Å². The van der Waals surface area contributed by atoms with Crippen LogP contribution in [0.1, 0.15) is 79.0 Å². The Morgan fingerprint density at radius 3 is 1.53 bits per heavy atom. The van der Waals surface area contributed by atoms with Crippen LogP contribution in [0, 0.1) is 0 Å². The molecule has 0 radical (unpaired) electrons. The summed E-state index contributed by atoms with van der Waals surface area (Å²) in [5, 5.41) is 0. The Morgan fingerprint density at radius 1 is 0.422 bits per heavy atom. The molecule has 2 heteroatoms. The normalized spacial score (nSPS) is 15.7. The molecule has 2 nitrogen and oxygen atoms in total. The summed E-state index contributed by atoms with van der Waals surface area (Å²) >= 11 is 0. The Balaban J connectivity index is 1.08. The minimum absolute atomic E-state index is 0.139. The summed E-state index contributed by atoms with van der Waals surface area (Å²) < 4.78 is 6.49. The summed E-state index contributed by atoms with van der Waals surface area (Å²) in [4.78, 5) is 2.45. The fourth-order valence-corrected chi connectivity index (χ4v) is 10.6. The number of anilines is 3. The summed E-state index contributed by atoms with van der Waals surface area (Å²) in [6.45, 7) is 9.23. The Kier molecular flexibility index (Phi) is 9.69. The first-order chi connectivity index (χ1) is 31.3. The summed E-state index contributed by atoms with van der Waals surface area (Å²) in [6, 6.07) is 80.2. The predicted octanol–water partition coefficient (Wildman–Crippen LogP) is 16.8. The van der Waals surface area contributed by atoms with Gasteiger partial charge in [-0.15, -0.1) is 0 Å². The maximum Gasteiger partial charge on any atom is 0.127 e. The number of hydrogen-bond acceptors (Lipinski definition) is 2. The van der Waals surface area contributed by atoms with Gasteiger partial charge in [-0.05, 0) is 145 Å². The third-order valence-corrected chi connectivity index (χ3v) is 14.1. The van der Waals surface area contributed by atoms with E-state index in [9.17, 15) is 0 Å². The molecule has 2 atom stereocenters. The molecule has 9 aromatic rings. The van der Waals surface area contributed by atoms with E-state index < -0.39 is 5.41 Å². The summed E-state index contributed by atoms with van der Waals surface area (Å²) in [7, 11) is 0. The quantitative estimate of drug-likeness (QED) is 0.136. The number of rotatable bonds is 10. The molecule has 0 heterocycles. The molecular formula is C62H51NO. The lowest BCUT2D eigenvalue weighted by Crippen LogP contribution is -2.28. The number of fused-ring (bicyclic) bond motifs is 6. The molecule has 0 N–H and O–H groups in total. The van der Waals surface area contributed by atoms with Crippen molar-refractivity contribution in [3.05, 3.63) is 257 Å². The van der Waals surface area contributed by atoms with E-state index in [1.165, 1.54) is 72.3 Å². The van der Waals surface area contributed by atoms with Crippen LogP contribution in [0.15, 0.2) is 218 Å². The van der Waals surface area contributed by atoms with Gasteiger partial charge in [0.25, 0.3) is 0 Å². The van der Waals surface area contributed by atoms with Crippen LogP contribution in [-0.2, 0) is 10.8 Å². The van der Waals surface area contributed by atoms with Gasteiger partial charge >= 0.3 is 0 Å². The van der Waals surface area contributed by atoms with Crippen molar-refractivity contribution in [3.8, 4) is 44.9 Å². The first-order valence-corrected chi connectivity index (χ1v) is 22.7. The van der Waals surface area contributed by atoms with E-state index in [2.05, 4.69) is 251 Å². The molecule has 310 valence electrons. The minimum atomic E-state index is -0.593. The molecular weight excluding hydrogens is 775 g/mol. The van der Waals surface area contributed by atoms with E-state index in [-0.39, 0.29) is 5.41 Å². The molecule has 0 saturated carbocycles. The average molecular weight is 826 g/mol. The molecule has 0 amide bonds. The molecule has 0 bridgehead atoms. The van der Waals surface area contributed by atoms with E-state index in [4.69, 9.17) is 4.74 Å². The van der Waals surface area contributed by atoms with Crippen molar-refractivity contribution in [2.45, 2.75) is 50.9 Å². The van der Waals surface area contributed by atoms with Crippen molar-refractivity contribution in [1.82, 2.24) is 0 Å². The number of hydrogen-bond donors (Lipinski definition) is 0. The van der Waals surface area contributed by atoms with Gasteiger partial charge in [-0.25, -0.2) is 0 Å². The molecule has 0 fully saturated rings. The van der Waals surface area contributed by atoms with E-state index in [1.807, 2.05) is 0 Å². The van der Waals surface area contributed by atoms with E-state index in [0.717, 1.165) is 35.0 Å². The topological polar surface area (TPSA) is 12.5 Å². The third-order valence-electron chi connectivity index (χ3n) is 14.1. The zero-order valence-electron chi connectivity index (χ0n) is 36.9. The first kappa shape index (κ1) is 39.4. The van der Waals surface area contributed by atoms with Gasteiger partial charge in [0.15, 0.2) is 0 Å². The van der Waals surface area contributed by atoms with Gasteiger partial charge < -0.3 is 9.64 Å². The highest BCUT2D eigenvalue weighted by Gasteiger charge is 2.46. The fraction of sp³-hybridized carbons (Fsp3) is 0.129. The highest BCUT2D eigenvalue weighted by molar-refractivity contribution is 5.91. The lowest BCUT2D eigenvalue weighted by Gasteiger charge is -2.35. The largest absolute Gasteiger partial charge is 0.457 e. The van der Waals surface area contributed by atoms with Crippen LogP contribution < -0.4 is 9.64 Å². The summed E-state index contributed by atoms with van der Waals surface area (Å²) in [5.74, 6) is 2.18. The molecule has 0 aromatic heterocycles. The monoisotopic (exact) mass is 825 g/mol. The summed E-state index contributed by atoms with van der Waals surface area (Å²) in [5.41, 5.74) is 19.1. The first-order valence-electron chi connectivity index (χ1n) is 22.7. The molecule has 2 aliphatic carbocycles. The van der Waals surface area contributed by atoms with E-state index in [1.54, 1.807) is 0 Å². The van der Waals surface area contributed by atoms with Gasteiger partial charge in [0, 0.05) is 22.5 Å². The van der Waals surface area contributed by atoms with E-state index in [0.29, 0.717) is 5.92 Å². The highest BCUT2D eigenvalue weighted by Crippen LogP contribution is 2.58. The molecule has 2 unspecified atom stereocenters. The second kappa shape index (κ2) is 15.7. The third kappa shape index (κ3) is 6.39. The van der Waals surface area contributed by atoms with Crippen molar-refractivity contribution in [2.75, 3.05) is 4.90 Å². The Hall–Kier alpha value is -7.42. The second-order valence-electron chi connectivity index (χ2n) is 18.0. The van der Waals surface area contributed by atoms with Crippen LogP contribution in [-0.4, -0.2) is 0 Å². The molecule has 11 rings (SSSR count). The van der Waals surface area contributed by atoms with Gasteiger partial charge in [0.05, 0.1) is 5.41 Å². The SMILES string of the molecule is CCC(C)c1ccc(Oc2ccc(C3(c4ccccc4)c4ccccc4-c4ccc(N(c5ccc(-c6ccccc6)cc5)c5ccc6c(c5)C(C)(C)c5ccccc5-6)cc43)cc2)cc1. The van der Waals surface area contributed by atoms with Crippen LogP contribution in [0.25, 0.3) is 33.4 Å². The molecule has 0 saturated heterocycles. The van der Waals surface area contributed by atoms with Crippen molar-refractivity contribution >= 4 is 17.1 Å². The smallest absolute Gasteiger partial charge is 0.127 e. The second-order valence-corrected chi connectivity index (χ2v) is 18.0. The Bertz CT molecular complexity index is 3130. The predicted molar refractivity (Wildman–Crippen MR) is 267 cm³/mol. The zero-order valence-corrected chi connectivity index (χ0v) is 36.9. The standard InChI is InChI=1S/C62H51NO/c1-5-42(2)43-26-34-51(35-27-43)64-52-36-28-47(29-37-52)62(46-18-10-7-11-19-46)58-23-15-13-21-54(58)56-39-33-50(41-60(56)62)63(48-30-24-45(25-31-48)44-16-8-6-9-17-44)49-32-38-55-53-20-12-14-22-57(53)61(3,4)59(55)40-49/h6-42H,5H2,1-4H3. The van der Waals surface area contributed by atoms with Crippen LogP contribution in [0.2, 0.25) is 0 Å². The van der Waals surface area contributed by atoms with Crippen LogP contribution in [0.3, 0.4) is 0 Å². The Labute approximate surface area is 378 Å². The Morgan fingerprint density at radius 2 is 0.891 bits per heavy atom. The number of nitrogens with zero attached hydrogens (tertiary/aromatic N) is 1. The maximum absolute atomic E-state index is 6.49. The van der Waals surface area contributed by atoms with Crippen molar-refractivity contribution in [3.63, 3.8) is 0 Å². The minimum Gasteiger partial charge on any atom is -0.457 e. The average Bonchev–Trinajstić information content (AvgIpc) is 3.77. The molecule has 0 aliphatic heterocycles. The van der Waals surface area contributed by atoms with Gasteiger partial charge in [-0.1, -0.05) is 185 Å². The van der Waals surface area contributed by atoms with E-state index >= 15 is 0 Å². The van der Waals surface area contributed by atoms with Crippen LogP contribution in [0.4, 0.5) is 17.1 Å². The number of ether oxygens (including phenoxy) is 1. The fourth-order valence-electron chi connectivity index (χ4n) is 10.6.